The number of aromatic nitrogens is 2. The molecule has 15 heteroatoms. The van der Waals surface area contributed by atoms with Gasteiger partial charge in [-0.1, -0.05) is 24.3 Å². The van der Waals surface area contributed by atoms with Crippen LogP contribution >= 0.6 is 11.8 Å². The van der Waals surface area contributed by atoms with E-state index >= 15 is 0 Å². The van der Waals surface area contributed by atoms with Crippen molar-refractivity contribution in [1.29, 1.82) is 0 Å². The van der Waals surface area contributed by atoms with Gasteiger partial charge in [0, 0.05) is 33.9 Å². The highest BCUT2D eigenvalue weighted by Gasteiger charge is 2.67. The van der Waals surface area contributed by atoms with E-state index in [2.05, 4.69) is 9.97 Å². The van der Waals surface area contributed by atoms with E-state index in [1.54, 1.807) is 36.4 Å². The van der Waals surface area contributed by atoms with Crippen LogP contribution in [0, 0.1) is 0 Å². The summed E-state index contributed by atoms with van der Waals surface area (Å²) in [5, 5.41) is 0.425. The smallest absolute Gasteiger partial charge is 0.267 e. The van der Waals surface area contributed by atoms with Crippen molar-refractivity contribution in [3.8, 4) is 0 Å². The van der Waals surface area contributed by atoms with Crippen LogP contribution in [0.1, 0.15) is 11.3 Å². The third-order valence-electron chi connectivity index (χ3n) is 6.60. The van der Waals surface area contributed by atoms with Crippen LogP contribution in [-0.2, 0) is 27.4 Å². The molecule has 8 nitrogen and oxygen atoms in total. The highest BCUT2D eigenvalue weighted by molar-refractivity contribution is 8.00. The topological polar surface area (TPSA) is 89.5 Å². The largest absolute Gasteiger partial charge is 0.497 e. The second-order valence-corrected chi connectivity index (χ2v) is 10.5. The number of carbonyl (C=O) groups is 3. The number of hydrogen-bond acceptors (Lipinski definition) is 7. The van der Waals surface area contributed by atoms with Gasteiger partial charge in [0.05, 0.1) is 17.6 Å². The number of quaternary nitrogens is 1. The van der Waals surface area contributed by atoms with Gasteiger partial charge in [0.2, 0.25) is 6.04 Å². The van der Waals surface area contributed by atoms with Gasteiger partial charge < -0.3 is 0 Å². The lowest BCUT2D eigenvalue weighted by Gasteiger charge is -2.31. The molecule has 222 valence electrons. The second-order valence-electron chi connectivity index (χ2n) is 9.36. The van der Waals surface area contributed by atoms with Crippen LogP contribution in [0.2, 0.25) is 0 Å². The first-order valence-electron chi connectivity index (χ1n) is 12.4. The van der Waals surface area contributed by atoms with Crippen LogP contribution in [0.5, 0.6) is 0 Å². The lowest BCUT2D eigenvalue weighted by Crippen LogP contribution is -2.58. The number of imide groups is 1. The quantitative estimate of drug-likeness (QED) is 0.103. The van der Waals surface area contributed by atoms with Crippen molar-refractivity contribution in [3.05, 3.63) is 96.4 Å². The molecule has 3 heterocycles. The van der Waals surface area contributed by atoms with E-state index in [0.717, 1.165) is 24.3 Å². The Morgan fingerprint density at radius 2 is 1.58 bits per heavy atom. The van der Waals surface area contributed by atoms with E-state index in [-0.39, 0.29) is 21.8 Å². The lowest BCUT2D eigenvalue weighted by molar-refractivity contribution is -1.04. The van der Waals surface area contributed by atoms with Gasteiger partial charge >= 0.3 is 29.6 Å². The zero-order chi connectivity index (χ0) is 31.0. The summed E-state index contributed by atoms with van der Waals surface area (Å²) in [6.45, 7) is -0.703. The number of benzene rings is 2. The number of para-hydroxylation sites is 1. The van der Waals surface area contributed by atoms with Crippen LogP contribution in [0.25, 0.3) is 10.9 Å². The molecule has 43 heavy (non-hydrogen) atoms. The monoisotopic (exact) mass is 621 g/mol. The van der Waals surface area contributed by atoms with E-state index in [0.29, 0.717) is 15.8 Å². The molecule has 2 unspecified atom stereocenters. The number of halogens is 6. The fourth-order valence-corrected chi connectivity index (χ4v) is 5.31. The number of anilines is 1. The van der Waals surface area contributed by atoms with Crippen molar-refractivity contribution in [2.75, 3.05) is 4.90 Å². The lowest BCUT2D eigenvalue weighted by atomic mass is 10.1. The Kier molecular flexibility index (Phi) is 7.88. The molecule has 4 aromatic rings. The maximum Gasteiger partial charge on any atom is 0.497 e. The fraction of sp³-hybridized carbons (Fsp3) is 0.179. The van der Waals surface area contributed by atoms with Crippen LogP contribution in [0.3, 0.4) is 0 Å². The standard InChI is InChI=1S/C28H19F6N4O4S/c29-27(30,31)25(40)42-38(16-17-12-14-36-22-7-2-1-6-21(17)22)23(15-18-5-3-4-13-35-18)24(39)37(26(38)41)19-8-10-20(11-9-19)43-28(32,33)34/h1-14,23H,15-16H2/q+1. The molecule has 0 radical (unpaired) electrons. The van der Waals surface area contributed by atoms with Crippen molar-refractivity contribution in [1.82, 2.24) is 9.97 Å². The first-order chi connectivity index (χ1) is 20.3. The Morgan fingerprint density at radius 3 is 2.23 bits per heavy atom. The summed E-state index contributed by atoms with van der Waals surface area (Å²) >= 11 is -0.431. The van der Waals surface area contributed by atoms with Crippen LogP contribution in [0.4, 0.5) is 36.8 Å². The second kappa shape index (κ2) is 11.3. The van der Waals surface area contributed by atoms with Crippen LogP contribution in [-0.4, -0.2) is 50.2 Å². The highest BCUT2D eigenvalue weighted by atomic mass is 32.2. The molecule has 1 fully saturated rings. The Bertz CT molecular complexity index is 1680. The zero-order valence-electron chi connectivity index (χ0n) is 21.7. The third kappa shape index (κ3) is 6.17. The predicted octanol–water partition coefficient (Wildman–Crippen LogP) is 6.36. The molecular formula is C28H19F6N4O4S+. The molecular weight excluding hydrogens is 602 g/mol. The molecule has 1 aliphatic heterocycles. The van der Waals surface area contributed by atoms with Crippen molar-refractivity contribution in [2.24, 2.45) is 0 Å². The number of hydrogen-bond donors (Lipinski definition) is 0. The number of alkyl halides is 6. The Balaban J connectivity index is 1.66. The summed E-state index contributed by atoms with van der Waals surface area (Å²) in [5.74, 6) is -3.75. The first kappa shape index (κ1) is 30.0. The summed E-state index contributed by atoms with van der Waals surface area (Å²) in [4.78, 5) is 54.0. The molecule has 3 amide bonds. The van der Waals surface area contributed by atoms with Gasteiger partial charge in [0.1, 0.15) is 0 Å². The molecule has 0 spiro atoms. The van der Waals surface area contributed by atoms with Gasteiger partial charge in [0.15, 0.2) is 6.54 Å². The minimum Gasteiger partial charge on any atom is -0.267 e. The van der Waals surface area contributed by atoms with Crippen molar-refractivity contribution < 1.29 is 50.2 Å². The van der Waals surface area contributed by atoms with Gasteiger partial charge in [-0.2, -0.15) is 31.2 Å². The number of fused-ring (bicyclic) bond motifs is 1. The Labute approximate surface area is 243 Å². The summed E-state index contributed by atoms with van der Waals surface area (Å²) in [5.41, 5.74) is -3.96. The molecule has 0 bridgehead atoms. The number of hydroxylamine groups is 3. The maximum atomic E-state index is 14.2. The minimum atomic E-state index is -5.53. The van der Waals surface area contributed by atoms with Crippen molar-refractivity contribution >= 4 is 46.3 Å². The van der Waals surface area contributed by atoms with Gasteiger partial charge in [-0.05, 0) is 64.9 Å². The molecule has 5 rings (SSSR count). The molecule has 1 saturated heterocycles. The van der Waals surface area contributed by atoms with E-state index in [9.17, 15) is 40.7 Å². The average Bonchev–Trinajstić information content (AvgIpc) is 3.14. The summed E-state index contributed by atoms with van der Waals surface area (Å²) in [6.07, 6.45) is -3.23. The summed E-state index contributed by atoms with van der Waals surface area (Å²) in [7, 11) is 0. The first-order valence-corrected chi connectivity index (χ1v) is 13.3. The number of thioether (sulfide) groups is 1. The maximum absolute atomic E-state index is 14.2. The van der Waals surface area contributed by atoms with Gasteiger partial charge in [-0.3, -0.25) is 19.6 Å². The molecule has 1 aliphatic rings. The molecule has 2 atom stereocenters. The van der Waals surface area contributed by atoms with Gasteiger partial charge in [-0.25, -0.2) is 9.59 Å². The van der Waals surface area contributed by atoms with Gasteiger partial charge in [-0.15, -0.1) is 0 Å². The zero-order valence-corrected chi connectivity index (χ0v) is 22.5. The normalized spacial score (nSPS) is 19.2. The highest BCUT2D eigenvalue weighted by Crippen LogP contribution is 2.41. The van der Waals surface area contributed by atoms with Crippen molar-refractivity contribution in [3.63, 3.8) is 0 Å². The number of rotatable bonds is 7. The fourth-order valence-electron chi connectivity index (χ4n) is 4.77. The predicted molar refractivity (Wildman–Crippen MR) is 141 cm³/mol. The molecule has 0 aliphatic carbocycles. The molecule has 0 N–H and O–H groups in total. The third-order valence-corrected chi connectivity index (χ3v) is 7.34. The molecule has 0 saturated carbocycles. The number of urea groups is 1. The Hall–Kier alpha value is -4.50. The average molecular weight is 622 g/mol. The van der Waals surface area contributed by atoms with Crippen LogP contribution in [0.15, 0.2) is 90.1 Å². The summed E-state index contributed by atoms with van der Waals surface area (Å²) < 4.78 is 77.7. The van der Waals surface area contributed by atoms with E-state index in [1.807, 2.05) is 0 Å². The van der Waals surface area contributed by atoms with Crippen molar-refractivity contribution in [2.45, 2.75) is 35.6 Å². The summed E-state index contributed by atoms with van der Waals surface area (Å²) in [6, 6.07) is 13.6. The number of amides is 3. The number of pyridine rings is 2. The number of nitrogens with zero attached hydrogens (tertiary/aromatic N) is 4. The molecule has 2 aromatic carbocycles. The van der Waals surface area contributed by atoms with E-state index in [4.69, 9.17) is 4.84 Å². The number of carbonyl (C=O) groups excluding carboxylic acids is 3. The van der Waals surface area contributed by atoms with E-state index < -0.39 is 65.0 Å². The minimum absolute atomic E-state index is 0.206. The molecule has 2 aromatic heterocycles. The SMILES string of the molecule is O=C1C(Cc2ccccn2)[N+](Cc2ccnc3ccccc23)(OC(=O)C(F)(F)F)C(=O)N1c1ccc(SC(F)(F)F)cc1. The van der Waals surface area contributed by atoms with Crippen LogP contribution < -0.4 is 4.90 Å². The van der Waals surface area contributed by atoms with E-state index in [1.165, 1.54) is 24.5 Å². The Morgan fingerprint density at radius 1 is 0.884 bits per heavy atom. The van der Waals surface area contributed by atoms with Gasteiger partial charge in [0.25, 0.3) is 0 Å².